The SMILES string of the molecule is COc1ccc(-c2cc(CN3CN(c4ccc(OC(F)(F)F)cc4)CC3C)ccn2)cc1. The van der Waals surface area contributed by atoms with Crippen molar-refractivity contribution in [3.05, 3.63) is 72.4 Å². The molecule has 0 bridgehead atoms. The molecule has 0 aliphatic carbocycles. The van der Waals surface area contributed by atoms with Gasteiger partial charge in [0.2, 0.25) is 0 Å². The minimum atomic E-state index is -4.68. The van der Waals surface area contributed by atoms with E-state index in [1.54, 1.807) is 19.2 Å². The normalized spacial score (nSPS) is 16.9. The average Bonchev–Trinajstić information content (AvgIpc) is 3.13. The Kier molecular flexibility index (Phi) is 6.23. The lowest BCUT2D eigenvalue weighted by atomic mass is 10.1. The summed E-state index contributed by atoms with van der Waals surface area (Å²) in [4.78, 5) is 8.97. The molecule has 1 aromatic heterocycles. The van der Waals surface area contributed by atoms with Crippen molar-refractivity contribution >= 4 is 5.69 Å². The van der Waals surface area contributed by atoms with E-state index in [0.29, 0.717) is 12.7 Å². The van der Waals surface area contributed by atoms with Gasteiger partial charge < -0.3 is 14.4 Å². The molecule has 0 spiro atoms. The number of ether oxygens (including phenoxy) is 2. The van der Waals surface area contributed by atoms with Gasteiger partial charge in [-0.3, -0.25) is 9.88 Å². The third-order valence-corrected chi connectivity index (χ3v) is 5.49. The Hall–Kier alpha value is -3.26. The fourth-order valence-corrected chi connectivity index (χ4v) is 3.83. The predicted octanol–water partition coefficient (Wildman–Crippen LogP) is 5.32. The Labute approximate surface area is 185 Å². The molecule has 0 amide bonds. The van der Waals surface area contributed by atoms with Crippen molar-refractivity contribution in [1.29, 1.82) is 0 Å². The van der Waals surface area contributed by atoms with Crippen LogP contribution in [0.1, 0.15) is 12.5 Å². The summed E-state index contributed by atoms with van der Waals surface area (Å²) >= 11 is 0. The Bertz CT molecular complexity index is 1040. The summed E-state index contributed by atoms with van der Waals surface area (Å²) in [5, 5.41) is 0. The number of alkyl halides is 3. The monoisotopic (exact) mass is 443 g/mol. The minimum Gasteiger partial charge on any atom is -0.497 e. The molecule has 0 radical (unpaired) electrons. The van der Waals surface area contributed by atoms with E-state index in [-0.39, 0.29) is 5.75 Å². The number of benzene rings is 2. The summed E-state index contributed by atoms with van der Waals surface area (Å²) in [6, 6.07) is 18.2. The Morgan fingerprint density at radius 2 is 1.69 bits per heavy atom. The molecular weight excluding hydrogens is 419 g/mol. The van der Waals surface area contributed by atoms with E-state index < -0.39 is 6.36 Å². The van der Waals surface area contributed by atoms with Gasteiger partial charge in [0.1, 0.15) is 11.5 Å². The predicted molar refractivity (Wildman–Crippen MR) is 117 cm³/mol. The molecule has 0 N–H and O–H groups in total. The van der Waals surface area contributed by atoms with Gasteiger partial charge in [0.05, 0.1) is 19.5 Å². The summed E-state index contributed by atoms with van der Waals surface area (Å²) in [5.41, 5.74) is 3.93. The molecule has 1 aliphatic heterocycles. The first-order chi connectivity index (χ1) is 15.3. The fraction of sp³-hybridized carbons (Fsp3) is 0.292. The number of aromatic nitrogens is 1. The molecule has 168 valence electrons. The molecule has 5 nitrogen and oxygen atoms in total. The van der Waals surface area contributed by atoms with Crippen molar-refractivity contribution in [3.8, 4) is 22.8 Å². The molecule has 8 heteroatoms. The molecule has 1 fully saturated rings. The molecule has 1 saturated heterocycles. The third-order valence-electron chi connectivity index (χ3n) is 5.49. The second kappa shape index (κ2) is 9.08. The van der Waals surface area contributed by atoms with Crippen LogP contribution in [0, 0.1) is 0 Å². The van der Waals surface area contributed by atoms with E-state index in [9.17, 15) is 13.2 Å². The van der Waals surface area contributed by atoms with E-state index in [4.69, 9.17) is 4.74 Å². The van der Waals surface area contributed by atoms with Crippen molar-refractivity contribution < 1.29 is 22.6 Å². The summed E-state index contributed by atoms with van der Waals surface area (Å²) in [6.07, 6.45) is -2.87. The van der Waals surface area contributed by atoms with Crippen LogP contribution in [0.2, 0.25) is 0 Å². The van der Waals surface area contributed by atoms with Crippen LogP contribution in [0.3, 0.4) is 0 Å². The maximum absolute atomic E-state index is 12.4. The van der Waals surface area contributed by atoms with E-state index in [0.717, 1.165) is 41.3 Å². The number of methoxy groups -OCH3 is 1. The van der Waals surface area contributed by atoms with Gasteiger partial charge in [0.15, 0.2) is 0 Å². The third kappa shape index (κ3) is 5.31. The van der Waals surface area contributed by atoms with Crippen molar-refractivity contribution in [2.45, 2.75) is 25.9 Å². The summed E-state index contributed by atoms with van der Waals surface area (Å²) in [7, 11) is 1.64. The van der Waals surface area contributed by atoms with Gasteiger partial charge in [-0.2, -0.15) is 0 Å². The standard InChI is InChI=1S/C24H24F3N3O2/c1-17-14-30(20-5-9-22(10-6-20)32-24(25,26)27)16-29(17)15-18-11-12-28-23(13-18)19-3-7-21(31-2)8-4-19/h3-13,17H,14-16H2,1-2H3. The highest BCUT2D eigenvalue weighted by atomic mass is 19.4. The van der Waals surface area contributed by atoms with Gasteiger partial charge in [-0.1, -0.05) is 0 Å². The summed E-state index contributed by atoms with van der Waals surface area (Å²) < 4.78 is 46.3. The van der Waals surface area contributed by atoms with Gasteiger partial charge >= 0.3 is 6.36 Å². The number of hydrogen-bond acceptors (Lipinski definition) is 5. The Morgan fingerprint density at radius 3 is 2.34 bits per heavy atom. The van der Waals surface area contributed by atoms with Gasteiger partial charge in [-0.05, 0) is 73.2 Å². The van der Waals surface area contributed by atoms with Crippen LogP contribution in [-0.2, 0) is 6.54 Å². The van der Waals surface area contributed by atoms with E-state index >= 15 is 0 Å². The molecule has 2 aromatic carbocycles. The van der Waals surface area contributed by atoms with Crippen LogP contribution in [-0.4, -0.2) is 42.6 Å². The molecular formula is C24H24F3N3O2. The highest BCUT2D eigenvalue weighted by molar-refractivity contribution is 5.60. The van der Waals surface area contributed by atoms with E-state index in [1.807, 2.05) is 36.5 Å². The van der Waals surface area contributed by atoms with Crippen LogP contribution in [0.15, 0.2) is 66.9 Å². The van der Waals surface area contributed by atoms with Crippen molar-refractivity contribution in [3.63, 3.8) is 0 Å². The van der Waals surface area contributed by atoms with Gasteiger partial charge in [-0.15, -0.1) is 13.2 Å². The van der Waals surface area contributed by atoms with Crippen LogP contribution in [0.5, 0.6) is 11.5 Å². The molecule has 3 aromatic rings. The minimum absolute atomic E-state index is 0.215. The molecule has 1 aliphatic rings. The highest BCUT2D eigenvalue weighted by Gasteiger charge is 2.31. The Balaban J connectivity index is 1.42. The van der Waals surface area contributed by atoms with Crippen molar-refractivity contribution in [2.24, 2.45) is 0 Å². The number of halogens is 3. The van der Waals surface area contributed by atoms with E-state index in [1.165, 1.54) is 12.1 Å². The molecule has 32 heavy (non-hydrogen) atoms. The largest absolute Gasteiger partial charge is 0.573 e. The molecule has 1 atom stereocenters. The first-order valence-corrected chi connectivity index (χ1v) is 10.2. The first kappa shape index (κ1) is 22.0. The van der Waals surface area contributed by atoms with Crippen LogP contribution < -0.4 is 14.4 Å². The maximum Gasteiger partial charge on any atom is 0.573 e. The molecule has 4 rings (SSSR count). The first-order valence-electron chi connectivity index (χ1n) is 10.2. The zero-order valence-electron chi connectivity index (χ0n) is 17.8. The van der Waals surface area contributed by atoms with Crippen molar-refractivity contribution in [1.82, 2.24) is 9.88 Å². The smallest absolute Gasteiger partial charge is 0.497 e. The zero-order chi connectivity index (χ0) is 22.7. The van der Waals surface area contributed by atoms with Gasteiger partial charge in [0, 0.05) is 36.6 Å². The quantitative estimate of drug-likeness (QED) is 0.515. The zero-order valence-corrected chi connectivity index (χ0v) is 17.8. The number of rotatable bonds is 6. The van der Waals surface area contributed by atoms with E-state index in [2.05, 4.69) is 32.5 Å². The lowest BCUT2D eigenvalue weighted by molar-refractivity contribution is -0.274. The topological polar surface area (TPSA) is 37.8 Å². The number of anilines is 1. The summed E-state index contributed by atoms with van der Waals surface area (Å²) in [5.74, 6) is 0.585. The van der Waals surface area contributed by atoms with Gasteiger partial charge in [-0.25, -0.2) is 0 Å². The van der Waals surface area contributed by atoms with Crippen LogP contribution >= 0.6 is 0 Å². The summed E-state index contributed by atoms with van der Waals surface area (Å²) in [6.45, 7) is 4.36. The molecule has 2 heterocycles. The lowest BCUT2D eigenvalue weighted by Gasteiger charge is -2.21. The fourth-order valence-electron chi connectivity index (χ4n) is 3.83. The van der Waals surface area contributed by atoms with Crippen LogP contribution in [0.4, 0.5) is 18.9 Å². The highest BCUT2D eigenvalue weighted by Crippen LogP contribution is 2.28. The number of pyridine rings is 1. The molecule has 0 saturated carbocycles. The molecule has 1 unspecified atom stereocenters. The van der Waals surface area contributed by atoms with Crippen molar-refractivity contribution in [2.75, 3.05) is 25.2 Å². The average molecular weight is 443 g/mol. The lowest BCUT2D eigenvalue weighted by Crippen LogP contribution is -2.28. The Morgan fingerprint density at radius 1 is 1.00 bits per heavy atom. The maximum atomic E-state index is 12.4. The second-order valence-corrected chi connectivity index (χ2v) is 7.78. The number of nitrogens with zero attached hydrogens (tertiary/aromatic N) is 3. The van der Waals surface area contributed by atoms with Gasteiger partial charge in [0.25, 0.3) is 0 Å². The van der Waals surface area contributed by atoms with Crippen LogP contribution in [0.25, 0.3) is 11.3 Å². The number of hydrogen-bond donors (Lipinski definition) is 0. The second-order valence-electron chi connectivity index (χ2n) is 7.78.